The van der Waals surface area contributed by atoms with Gasteiger partial charge in [0.15, 0.2) is 17.4 Å². The lowest BCUT2D eigenvalue weighted by atomic mass is 10.0. The van der Waals surface area contributed by atoms with Crippen molar-refractivity contribution in [1.29, 1.82) is 0 Å². The number of aryl methyl sites for hydroxylation is 1. The molecule has 5 nitrogen and oxygen atoms in total. The Morgan fingerprint density at radius 2 is 1.93 bits per heavy atom. The molecule has 2 heterocycles. The number of aromatic nitrogens is 3. The summed E-state index contributed by atoms with van der Waals surface area (Å²) >= 11 is 5.83. The van der Waals surface area contributed by atoms with Gasteiger partial charge in [0.05, 0.1) is 11.4 Å². The van der Waals surface area contributed by atoms with E-state index in [9.17, 15) is 18.4 Å². The highest BCUT2D eigenvalue weighted by Crippen LogP contribution is 2.24. The molecule has 0 bridgehead atoms. The third-order valence-electron chi connectivity index (χ3n) is 3.98. The van der Waals surface area contributed by atoms with E-state index in [1.807, 2.05) is 0 Å². The third-order valence-corrected chi connectivity index (χ3v) is 4.39. The summed E-state index contributed by atoms with van der Waals surface area (Å²) in [4.78, 5) is 27.8. The van der Waals surface area contributed by atoms with E-state index in [-0.39, 0.29) is 34.9 Å². The molecule has 0 amide bonds. The van der Waals surface area contributed by atoms with Gasteiger partial charge in [-0.15, -0.1) is 0 Å². The molecule has 0 unspecified atom stereocenters. The average Bonchev–Trinajstić information content (AvgIpc) is 2.66. The van der Waals surface area contributed by atoms with Crippen LogP contribution in [0.3, 0.4) is 0 Å². The third kappa shape index (κ3) is 4.25. The minimum Gasteiger partial charge on any atom is -0.292 e. The topological polar surface area (TPSA) is 64.8 Å². The molecule has 2 aromatic heterocycles. The minimum absolute atomic E-state index is 0.0252. The SMILES string of the molecule is Cn1nc(C(=O)Cc2ccc(Cc3ccc(F)c(F)c3Cl)cn2)ccc1=O. The molecule has 0 aliphatic rings. The van der Waals surface area contributed by atoms with Gasteiger partial charge < -0.3 is 0 Å². The van der Waals surface area contributed by atoms with Gasteiger partial charge >= 0.3 is 0 Å². The molecule has 3 rings (SSSR count). The number of ketones is 1. The number of rotatable bonds is 5. The van der Waals surface area contributed by atoms with Crippen LogP contribution in [0.25, 0.3) is 0 Å². The molecule has 0 N–H and O–H groups in total. The van der Waals surface area contributed by atoms with E-state index in [0.29, 0.717) is 11.3 Å². The van der Waals surface area contributed by atoms with Gasteiger partial charge in [-0.3, -0.25) is 14.6 Å². The van der Waals surface area contributed by atoms with E-state index in [0.717, 1.165) is 16.3 Å². The fraction of sp³-hybridized carbons (Fsp3) is 0.158. The standard InChI is InChI=1S/C19H14ClF2N3O2/c1-25-17(27)7-6-15(24-25)16(26)9-13-4-2-11(10-23-13)8-12-3-5-14(21)19(22)18(12)20/h2-7,10H,8-9H2,1H3. The highest BCUT2D eigenvalue weighted by molar-refractivity contribution is 6.31. The summed E-state index contributed by atoms with van der Waals surface area (Å²) in [5, 5.41) is 3.66. The average molecular weight is 390 g/mol. The van der Waals surface area contributed by atoms with E-state index >= 15 is 0 Å². The number of halogens is 3. The summed E-state index contributed by atoms with van der Waals surface area (Å²) in [7, 11) is 1.47. The number of hydrogen-bond acceptors (Lipinski definition) is 4. The molecule has 0 spiro atoms. The minimum atomic E-state index is -1.07. The first-order valence-corrected chi connectivity index (χ1v) is 8.36. The Morgan fingerprint density at radius 1 is 1.15 bits per heavy atom. The number of hydrogen-bond donors (Lipinski definition) is 0. The Kier molecular flexibility index (Phi) is 5.41. The number of carbonyl (C=O) groups is 1. The fourth-order valence-corrected chi connectivity index (χ4v) is 2.71. The zero-order valence-corrected chi connectivity index (χ0v) is 15.0. The largest absolute Gasteiger partial charge is 0.292 e. The zero-order chi connectivity index (χ0) is 19.6. The van der Waals surface area contributed by atoms with E-state index in [2.05, 4.69) is 10.1 Å². The first kappa shape index (κ1) is 18.8. The molecule has 0 saturated carbocycles. The Hall–Kier alpha value is -2.93. The highest BCUT2D eigenvalue weighted by Gasteiger charge is 2.13. The van der Waals surface area contributed by atoms with Crippen molar-refractivity contribution in [2.45, 2.75) is 12.8 Å². The molecule has 1 aromatic carbocycles. The quantitative estimate of drug-likeness (QED) is 0.497. The lowest BCUT2D eigenvalue weighted by molar-refractivity contribution is 0.0985. The first-order valence-electron chi connectivity index (χ1n) is 7.99. The Labute approximate surface area is 158 Å². The zero-order valence-electron chi connectivity index (χ0n) is 14.2. The van der Waals surface area contributed by atoms with Crippen LogP contribution in [-0.2, 0) is 19.9 Å². The van der Waals surface area contributed by atoms with E-state index in [1.54, 1.807) is 18.3 Å². The van der Waals surface area contributed by atoms with Crippen molar-refractivity contribution < 1.29 is 13.6 Å². The monoisotopic (exact) mass is 389 g/mol. The van der Waals surface area contributed by atoms with Crippen LogP contribution in [0, 0.1) is 11.6 Å². The molecular formula is C19H14ClF2N3O2. The van der Waals surface area contributed by atoms with Crippen molar-refractivity contribution in [2.75, 3.05) is 0 Å². The second-order valence-electron chi connectivity index (χ2n) is 5.95. The van der Waals surface area contributed by atoms with Gasteiger partial charge in [-0.2, -0.15) is 5.10 Å². The van der Waals surface area contributed by atoms with Crippen molar-refractivity contribution in [3.63, 3.8) is 0 Å². The maximum absolute atomic E-state index is 13.5. The van der Waals surface area contributed by atoms with Crippen LogP contribution in [-0.4, -0.2) is 20.5 Å². The van der Waals surface area contributed by atoms with Crippen molar-refractivity contribution >= 4 is 17.4 Å². The summed E-state index contributed by atoms with van der Waals surface area (Å²) in [6.45, 7) is 0. The lowest BCUT2D eigenvalue weighted by Gasteiger charge is -2.07. The van der Waals surface area contributed by atoms with Crippen LogP contribution in [0.4, 0.5) is 8.78 Å². The normalized spacial score (nSPS) is 10.8. The highest BCUT2D eigenvalue weighted by atomic mass is 35.5. The van der Waals surface area contributed by atoms with E-state index < -0.39 is 11.6 Å². The molecule has 0 aliphatic heterocycles. The second-order valence-corrected chi connectivity index (χ2v) is 6.33. The van der Waals surface area contributed by atoms with E-state index in [1.165, 1.54) is 25.2 Å². The molecule has 8 heteroatoms. The van der Waals surface area contributed by atoms with Gasteiger partial charge in [-0.1, -0.05) is 23.7 Å². The van der Waals surface area contributed by atoms with Crippen molar-refractivity contribution in [1.82, 2.24) is 14.8 Å². The number of benzene rings is 1. The second kappa shape index (κ2) is 7.75. The summed E-state index contributed by atoms with van der Waals surface area (Å²) in [5.74, 6) is -2.34. The van der Waals surface area contributed by atoms with Gasteiger partial charge in [0.25, 0.3) is 5.56 Å². The fourth-order valence-electron chi connectivity index (χ4n) is 2.49. The van der Waals surface area contributed by atoms with Gasteiger partial charge in [0.2, 0.25) is 0 Å². The van der Waals surface area contributed by atoms with Gasteiger partial charge in [-0.05, 0) is 29.3 Å². The summed E-state index contributed by atoms with van der Waals surface area (Å²) < 4.78 is 27.8. The number of nitrogens with zero attached hydrogens (tertiary/aromatic N) is 3. The lowest BCUT2D eigenvalue weighted by Crippen LogP contribution is -2.21. The van der Waals surface area contributed by atoms with Crippen molar-refractivity contribution in [3.8, 4) is 0 Å². The molecular weight excluding hydrogens is 376 g/mol. The number of carbonyl (C=O) groups excluding carboxylic acids is 1. The van der Waals surface area contributed by atoms with Gasteiger partial charge in [0.1, 0.15) is 5.69 Å². The van der Waals surface area contributed by atoms with Gasteiger partial charge in [-0.25, -0.2) is 13.5 Å². The van der Waals surface area contributed by atoms with Crippen LogP contribution in [0.2, 0.25) is 5.02 Å². The number of pyridine rings is 1. The Morgan fingerprint density at radius 3 is 2.59 bits per heavy atom. The van der Waals surface area contributed by atoms with Crippen LogP contribution >= 0.6 is 11.6 Å². The summed E-state index contributed by atoms with van der Waals surface area (Å²) in [5.41, 5.74) is 1.58. The Bertz CT molecular complexity index is 1070. The first-order chi connectivity index (χ1) is 12.8. The molecule has 0 atom stereocenters. The summed E-state index contributed by atoms with van der Waals surface area (Å²) in [6.07, 6.45) is 1.85. The van der Waals surface area contributed by atoms with Crippen molar-refractivity contribution in [3.05, 3.63) is 92.1 Å². The molecule has 0 fully saturated rings. The molecule has 3 aromatic rings. The van der Waals surface area contributed by atoms with Crippen molar-refractivity contribution in [2.24, 2.45) is 7.05 Å². The predicted octanol–water partition coefficient (Wildman–Crippen LogP) is 3.12. The van der Waals surface area contributed by atoms with Gasteiger partial charge in [0, 0.05) is 31.4 Å². The van der Waals surface area contributed by atoms with Crippen LogP contribution < -0.4 is 5.56 Å². The van der Waals surface area contributed by atoms with Crippen LogP contribution in [0.5, 0.6) is 0 Å². The Balaban J connectivity index is 1.72. The number of Topliss-reactive ketones (excluding diaryl/α,β-unsaturated/α-hetero) is 1. The smallest absolute Gasteiger partial charge is 0.266 e. The molecule has 138 valence electrons. The maximum Gasteiger partial charge on any atom is 0.266 e. The molecule has 27 heavy (non-hydrogen) atoms. The van der Waals surface area contributed by atoms with E-state index in [4.69, 9.17) is 11.6 Å². The maximum atomic E-state index is 13.5. The predicted molar refractivity (Wildman–Crippen MR) is 95.9 cm³/mol. The summed E-state index contributed by atoms with van der Waals surface area (Å²) in [6, 6.07) is 8.51. The molecule has 0 aliphatic carbocycles. The molecule has 0 radical (unpaired) electrons. The van der Waals surface area contributed by atoms with Crippen LogP contribution in [0.1, 0.15) is 27.3 Å². The van der Waals surface area contributed by atoms with Crippen LogP contribution in [0.15, 0.2) is 47.4 Å². The molecule has 0 saturated heterocycles.